The molecule has 7 nitrogen and oxygen atoms in total. The number of tetrazole rings is 1. The summed E-state index contributed by atoms with van der Waals surface area (Å²) in [6.45, 7) is 2.53. The quantitative estimate of drug-likeness (QED) is 0.641. The van der Waals surface area contributed by atoms with Gasteiger partial charge in [-0.3, -0.25) is 0 Å². The zero-order chi connectivity index (χ0) is 20.1. The predicted molar refractivity (Wildman–Crippen MR) is 108 cm³/mol. The lowest BCUT2D eigenvalue weighted by Crippen LogP contribution is -2.45. The van der Waals surface area contributed by atoms with Crippen LogP contribution >= 0.6 is 0 Å². The van der Waals surface area contributed by atoms with Gasteiger partial charge < -0.3 is 15.4 Å². The standard InChI is InChI=1S/C21H25FN6O/c1-15-25-26-27-28(15)18-9-10-20(29-14-22)17(12-18)13-24-19-8-5-11-23-21(19)16-6-3-2-4-7-16/h2-4,6-7,9-10,12,19,21,23-24H,5,8,11,13-14H2,1H3/t19-,21-/m0/s1/i22-1. The Bertz CT molecular complexity index is 932. The summed E-state index contributed by atoms with van der Waals surface area (Å²) >= 11 is 0. The molecule has 152 valence electrons. The number of nitrogens with one attached hydrogen (secondary N) is 2. The number of aromatic nitrogens is 4. The lowest BCUT2D eigenvalue weighted by atomic mass is 9.92. The van der Waals surface area contributed by atoms with Gasteiger partial charge in [0.05, 0.1) is 5.69 Å². The molecular weight excluding hydrogens is 370 g/mol. The Morgan fingerprint density at radius 1 is 1.24 bits per heavy atom. The van der Waals surface area contributed by atoms with Crippen LogP contribution in [0.5, 0.6) is 5.75 Å². The van der Waals surface area contributed by atoms with Crippen LogP contribution in [0.4, 0.5) is 4.39 Å². The van der Waals surface area contributed by atoms with Crippen LogP contribution in [0.3, 0.4) is 0 Å². The Hall–Kier alpha value is -2.84. The number of nitrogens with zero attached hydrogens (tertiary/aromatic N) is 4. The molecule has 4 rings (SSSR count). The van der Waals surface area contributed by atoms with Crippen LogP contribution < -0.4 is 15.4 Å². The molecule has 3 aromatic rings. The molecule has 1 aliphatic heterocycles. The summed E-state index contributed by atoms with van der Waals surface area (Å²) in [4.78, 5) is 0. The second kappa shape index (κ2) is 9.11. The van der Waals surface area contributed by atoms with Crippen molar-refractivity contribution in [2.24, 2.45) is 0 Å². The van der Waals surface area contributed by atoms with E-state index < -0.39 is 6.86 Å². The fraction of sp³-hybridized carbons (Fsp3) is 0.381. The molecule has 0 saturated carbocycles. The van der Waals surface area contributed by atoms with E-state index in [0.29, 0.717) is 18.1 Å². The molecule has 2 heterocycles. The smallest absolute Gasteiger partial charge is 0.228 e. The minimum absolute atomic E-state index is 0.237. The second-order valence-corrected chi connectivity index (χ2v) is 7.16. The van der Waals surface area contributed by atoms with Gasteiger partial charge in [0.1, 0.15) is 5.75 Å². The summed E-state index contributed by atoms with van der Waals surface area (Å²) in [5, 5.41) is 18.9. The number of hydrogen-bond acceptors (Lipinski definition) is 6. The molecule has 0 spiro atoms. The van der Waals surface area contributed by atoms with E-state index in [1.807, 2.05) is 25.1 Å². The number of ether oxygens (including phenoxy) is 1. The normalized spacial score (nSPS) is 19.2. The fourth-order valence-electron chi connectivity index (χ4n) is 3.87. The maximum atomic E-state index is 12.9. The molecule has 2 atom stereocenters. The minimum Gasteiger partial charge on any atom is -0.463 e. The van der Waals surface area contributed by atoms with Crippen LogP contribution in [-0.2, 0) is 6.54 Å². The molecule has 1 aliphatic rings. The van der Waals surface area contributed by atoms with Crippen LogP contribution in [-0.4, -0.2) is 39.7 Å². The van der Waals surface area contributed by atoms with Gasteiger partial charge in [-0.1, -0.05) is 30.3 Å². The molecule has 0 bridgehead atoms. The number of alkyl halides is 1. The molecular formula is C21H25FN6O. The Balaban J connectivity index is 1.55. The van der Waals surface area contributed by atoms with E-state index in [0.717, 1.165) is 30.6 Å². The number of benzene rings is 2. The Labute approximate surface area is 169 Å². The third kappa shape index (κ3) is 4.44. The van der Waals surface area contributed by atoms with Gasteiger partial charge in [-0.25, -0.2) is 4.39 Å². The molecule has 0 amide bonds. The lowest BCUT2D eigenvalue weighted by Gasteiger charge is -2.34. The SMILES string of the molecule is Cc1nnnn1-c1ccc(OC[18F])c(CN[C@H]2CCCN[C@H]2c2ccccc2)c1. The van der Waals surface area contributed by atoms with Crippen molar-refractivity contribution in [3.63, 3.8) is 0 Å². The molecule has 1 fully saturated rings. The maximum absolute atomic E-state index is 12.9. The van der Waals surface area contributed by atoms with E-state index in [-0.39, 0.29) is 12.1 Å². The van der Waals surface area contributed by atoms with Crippen molar-refractivity contribution in [3.8, 4) is 11.4 Å². The van der Waals surface area contributed by atoms with Crippen molar-refractivity contribution in [1.82, 2.24) is 30.8 Å². The molecule has 2 N–H and O–H groups in total. The van der Waals surface area contributed by atoms with Crippen molar-refractivity contribution in [3.05, 3.63) is 65.5 Å². The molecule has 2 aromatic carbocycles. The number of halogens is 1. The van der Waals surface area contributed by atoms with E-state index in [2.05, 4.69) is 50.4 Å². The van der Waals surface area contributed by atoms with Gasteiger partial charge in [0.2, 0.25) is 6.86 Å². The van der Waals surface area contributed by atoms with Crippen LogP contribution in [0.15, 0.2) is 48.5 Å². The molecule has 1 saturated heterocycles. The zero-order valence-electron chi connectivity index (χ0n) is 16.4. The lowest BCUT2D eigenvalue weighted by molar-refractivity contribution is 0.189. The Morgan fingerprint density at radius 3 is 2.86 bits per heavy atom. The predicted octanol–water partition coefficient (Wildman–Crippen LogP) is 2.86. The first-order valence-corrected chi connectivity index (χ1v) is 9.85. The summed E-state index contributed by atoms with van der Waals surface area (Å²) in [5.74, 6) is 1.21. The molecule has 0 aliphatic carbocycles. The third-order valence-corrected chi connectivity index (χ3v) is 5.30. The highest BCUT2D eigenvalue weighted by atomic mass is 18.2. The largest absolute Gasteiger partial charge is 0.463 e. The molecule has 0 unspecified atom stereocenters. The Kier molecular flexibility index (Phi) is 6.12. The minimum atomic E-state index is -0.867. The summed E-state index contributed by atoms with van der Waals surface area (Å²) in [6, 6.07) is 16.5. The van der Waals surface area contributed by atoms with Gasteiger partial charge in [-0.15, -0.1) is 5.10 Å². The van der Waals surface area contributed by atoms with Crippen LogP contribution in [0.25, 0.3) is 5.69 Å². The number of piperidine rings is 1. The molecule has 8 heteroatoms. The molecule has 0 radical (unpaired) electrons. The van der Waals surface area contributed by atoms with Gasteiger partial charge in [0, 0.05) is 24.2 Å². The monoisotopic (exact) mass is 395 g/mol. The summed E-state index contributed by atoms with van der Waals surface area (Å²) in [6.07, 6.45) is 2.18. The van der Waals surface area contributed by atoms with Crippen molar-refractivity contribution in [2.45, 2.75) is 38.4 Å². The zero-order valence-corrected chi connectivity index (χ0v) is 16.4. The van der Waals surface area contributed by atoms with Crippen LogP contribution in [0.1, 0.15) is 35.8 Å². The highest BCUT2D eigenvalue weighted by Crippen LogP contribution is 2.26. The number of rotatable bonds is 7. The average molecular weight is 395 g/mol. The Morgan fingerprint density at radius 2 is 2.10 bits per heavy atom. The molecule has 29 heavy (non-hydrogen) atoms. The molecule has 1 aromatic heterocycles. The van der Waals surface area contributed by atoms with E-state index in [1.165, 1.54) is 5.56 Å². The third-order valence-electron chi connectivity index (χ3n) is 5.30. The fourth-order valence-corrected chi connectivity index (χ4v) is 3.87. The summed E-state index contributed by atoms with van der Waals surface area (Å²) < 4.78 is 19.7. The van der Waals surface area contributed by atoms with Crippen LogP contribution in [0.2, 0.25) is 0 Å². The first-order chi connectivity index (χ1) is 14.3. The highest BCUT2D eigenvalue weighted by Gasteiger charge is 2.26. The topological polar surface area (TPSA) is 76.9 Å². The van der Waals surface area contributed by atoms with Gasteiger partial charge >= 0.3 is 0 Å². The maximum Gasteiger partial charge on any atom is 0.228 e. The number of hydrogen-bond donors (Lipinski definition) is 2. The van der Waals surface area contributed by atoms with E-state index in [9.17, 15) is 4.39 Å². The summed E-state index contributed by atoms with van der Waals surface area (Å²) in [5.41, 5.74) is 2.95. The van der Waals surface area contributed by atoms with Crippen LogP contribution in [0, 0.1) is 6.92 Å². The van der Waals surface area contributed by atoms with Gasteiger partial charge in [0.15, 0.2) is 5.82 Å². The van der Waals surface area contributed by atoms with Crippen molar-refractivity contribution in [2.75, 3.05) is 13.4 Å². The summed E-state index contributed by atoms with van der Waals surface area (Å²) in [7, 11) is 0. The average Bonchev–Trinajstić information content (AvgIpc) is 3.20. The van der Waals surface area contributed by atoms with Crippen molar-refractivity contribution < 1.29 is 9.13 Å². The first-order valence-electron chi connectivity index (χ1n) is 9.85. The number of aryl methyl sites for hydroxylation is 1. The van der Waals surface area contributed by atoms with Gasteiger partial charge in [-0.05, 0) is 60.5 Å². The highest BCUT2D eigenvalue weighted by molar-refractivity contribution is 5.44. The second-order valence-electron chi connectivity index (χ2n) is 7.16. The van der Waals surface area contributed by atoms with Gasteiger partial charge in [0.25, 0.3) is 0 Å². The van der Waals surface area contributed by atoms with E-state index in [1.54, 1.807) is 10.7 Å². The van der Waals surface area contributed by atoms with Crippen molar-refractivity contribution in [1.29, 1.82) is 0 Å². The van der Waals surface area contributed by atoms with Crippen molar-refractivity contribution >= 4 is 0 Å². The van der Waals surface area contributed by atoms with E-state index in [4.69, 9.17) is 4.74 Å². The first kappa shape index (κ1) is 19.5. The van der Waals surface area contributed by atoms with E-state index >= 15 is 0 Å². The van der Waals surface area contributed by atoms with Gasteiger partial charge in [-0.2, -0.15) is 4.68 Å².